The molecular weight excluding hydrogens is 205 g/mol. The first-order valence-electron chi connectivity index (χ1n) is 5.84. The lowest BCUT2D eigenvalue weighted by molar-refractivity contribution is 0.0618. The Balaban J connectivity index is 1.94. The molecule has 2 rings (SSSR count). The van der Waals surface area contributed by atoms with Crippen LogP contribution in [0, 0.1) is 11.7 Å². The van der Waals surface area contributed by atoms with Gasteiger partial charge in [0.25, 0.3) is 0 Å². The molecule has 0 bridgehead atoms. The maximum Gasteiger partial charge on any atom is 0.123 e. The summed E-state index contributed by atoms with van der Waals surface area (Å²) in [7, 11) is 0. The van der Waals surface area contributed by atoms with E-state index in [1.54, 1.807) is 6.07 Å². The molecule has 1 aliphatic heterocycles. The second-order valence-electron chi connectivity index (χ2n) is 4.45. The van der Waals surface area contributed by atoms with Crippen molar-refractivity contribution < 1.29 is 9.13 Å². The van der Waals surface area contributed by atoms with Crippen LogP contribution in [0.1, 0.15) is 30.9 Å². The fourth-order valence-electron chi connectivity index (χ4n) is 2.21. The topological polar surface area (TPSA) is 35.2 Å². The average molecular weight is 223 g/mol. The van der Waals surface area contributed by atoms with Crippen molar-refractivity contribution in [3.8, 4) is 0 Å². The predicted octanol–water partition coefficient (Wildman–Crippen LogP) is 2.64. The minimum atomic E-state index is -0.208. The maximum absolute atomic E-state index is 13.0. The van der Waals surface area contributed by atoms with Gasteiger partial charge in [0, 0.05) is 19.3 Å². The van der Waals surface area contributed by atoms with Crippen LogP contribution in [0.25, 0.3) is 0 Å². The third-order valence-electron chi connectivity index (χ3n) is 3.20. The van der Waals surface area contributed by atoms with E-state index in [9.17, 15) is 4.39 Å². The van der Waals surface area contributed by atoms with Crippen LogP contribution in [0.3, 0.4) is 0 Å². The highest BCUT2D eigenvalue weighted by atomic mass is 19.1. The summed E-state index contributed by atoms with van der Waals surface area (Å²) in [6, 6.07) is 6.54. The van der Waals surface area contributed by atoms with E-state index in [0.717, 1.165) is 38.0 Å². The van der Waals surface area contributed by atoms with E-state index in [1.165, 1.54) is 12.1 Å². The summed E-state index contributed by atoms with van der Waals surface area (Å²) in [5.41, 5.74) is 6.98. The highest BCUT2D eigenvalue weighted by Crippen LogP contribution is 2.26. The molecule has 0 radical (unpaired) electrons. The van der Waals surface area contributed by atoms with Crippen LogP contribution in [-0.2, 0) is 4.74 Å². The summed E-state index contributed by atoms with van der Waals surface area (Å²) in [4.78, 5) is 0. The van der Waals surface area contributed by atoms with E-state index in [2.05, 4.69) is 0 Å². The monoisotopic (exact) mass is 223 g/mol. The molecule has 2 N–H and O–H groups in total. The number of hydrogen-bond acceptors (Lipinski definition) is 2. The number of hydrogen-bond donors (Lipinski definition) is 1. The first kappa shape index (κ1) is 11.6. The van der Waals surface area contributed by atoms with E-state index >= 15 is 0 Å². The maximum atomic E-state index is 13.0. The molecule has 1 atom stereocenters. The highest BCUT2D eigenvalue weighted by molar-refractivity contribution is 5.19. The minimum Gasteiger partial charge on any atom is -0.381 e. The molecule has 16 heavy (non-hydrogen) atoms. The number of benzene rings is 1. The molecule has 0 amide bonds. The molecule has 1 aromatic rings. The summed E-state index contributed by atoms with van der Waals surface area (Å²) in [5, 5.41) is 0. The Bertz CT molecular complexity index is 336. The first-order valence-corrected chi connectivity index (χ1v) is 5.84. The van der Waals surface area contributed by atoms with Gasteiger partial charge in [-0.05, 0) is 42.9 Å². The number of rotatable bonds is 3. The Labute approximate surface area is 95.6 Å². The molecule has 3 heteroatoms. The Morgan fingerprint density at radius 3 is 2.81 bits per heavy atom. The van der Waals surface area contributed by atoms with Gasteiger partial charge in [-0.2, -0.15) is 0 Å². The van der Waals surface area contributed by atoms with Crippen molar-refractivity contribution in [1.82, 2.24) is 0 Å². The quantitative estimate of drug-likeness (QED) is 0.855. The van der Waals surface area contributed by atoms with E-state index in [1.807, 2.05) is 6.07 Å². The zero-order chi connectivity index (χ0) is 11.4. The van der Waals surface area contributed by atoms with Gasteiger partial charge in [-0.3, -0.25) is 0 Å². The molecule has 0 aliphatic carbocycles. The SMILES string of the molecule is N[C@@H](CC1CCOCC1)c1cccc(F)c1. The summed E-state index contributed by atoms with van der Waals surface area (Å²) >= 11 is 0. The molecule has 0 unspecified atom stereocenters. The van der Waals surface area contributed by atoms with Gasteiger partial charge in [0.05, 0.1) is 0 Å². The van der Waals surface area contributed by atoms with Gasteiger partial charge in [0.2, 0.25) is 0 Å². The molecule has 0 aromatic heterocycles. The zero-order valence-corrected chi connectivity index (χ0v) is 9.36. The summed E-state index contributed by atoms with van der Waals surface area (Å²) < 4.78 is 18.3. The molecule has 1 aliphatic rings. The van der Waals surface area contributed by atoms with Crippen LogP contribution in [0.2, 0.25) is 0 Å². The second kappa shape index (κ2) is 5.41. The van der Waals surface area contributed by atoms with Gasteiger partial charge in [0.15, 0.2) is 0 Å². The molecule has 1 saturated heterocycles. The summed E-state index contributed by atoms with van der Waals surface area (Å²) in [5.74, 6) is 0.409. The van der Waals surface area contributed by atoms with E-state index in [0.29, 0.717) is 5.92 Å². The zero-order valence-electron chi connectivity index (χ0n) is 9.36. The van der Waals surface area contributed by atoms with Gasteiger partial charge in [0.1, 0.15) is 5.82 Å². The smallest absolute Gasteiger partial charge is 0.123 e. The molecule has 1 fully saturated rings. The van der Waals surface area contributed by atoms with Crippen LogP contribution in [0.5, 0.6) is 0 Å². The number of halogens is 1. The predicted molar refractivity (Wildman–Crippen MR) is 61.5 cm³/mol. The van der Waals surface area contributed by atoms with Crippen molar-refractivity contribution in [2.75, 3.05) is 13.2 Å². The Kier molecular flexibility index (Phi) is 3.91. The lowest BCUT2D eigenvalue weighted by Crippen LogP contribution is -2.21. The van der Waals surface area contributed by atoms with Gasteiger partial charge >= 0.3 is 0 Å². The largest absolute Gasteiger partial charge is 0.381 e. The molecule has 1 heterocycles. The van der Waals surface area contributed by atoms with Crippen LogP contribution in [0.4, 0.5) is 4.39 Å². The molecule has 1 aromatic carbocycles. The Morgan fingerprint density at radius 2 is 2.12 bits per heavy atom. The average Bonchev–Trinajstić information content (AvgIpc) is 2.30. The van der Waals surface area contributed by atoms with Crippen LogP contribution in [0.15, 0.2) is 24.3 Å². The normalized spacial score (nSPS) is 19.6. The van der Waals surface area contributed by atoms with Gasteiger partial charge in [-0.1, -0.05) is 12.1 Å². The molecule has 0 spiro atoms. The fraction of sp³-hybridized carbons (Fsp3) is 0.538. The van der Waals surface area contributed by atoms with Crippen LogP contribution < -0.4 is 5.73 Å². The van der Waals surface area contributed by atoms with Gasteiger partial charge < -0.3 is 10.5 Å². The van der Waals surface area contributed by atoms with Crippen molar-refractivity contribution >= 4 is 0 Å². The van der Waals surface area contributed by atoms with Crippen molar-refractivity contribution in [1.29, 1.82) is 0 Å². The van der Waals surface area contributed by atoms with Crippen LogP contribution in [-0.4, -0.2) is 13.2 Å². The summed E-state index contributed by atoms with van der Waals surface area (Å²) in [6.07, 6.45) is 3.07. The molecule has 2 nitrogen and oxygen atoms in total. The van der Waals surface area contributed by atoms with Crippen molar-refractivity contribution in [3.63, 3.8) is 0 Å². The minimum absolute atomic E-state index is 0.0567. The molecule has 88 valence electrons. The Morgan fingerprint density at radius 1 is 1.38 bits per heavy atom. The lowest BCUT2D eigenvalue weighted by atomic mass is 9.90. The first-order chi connectivity index (χ1) is 7.75. The number of nitrogens with two attached hydrogens (primary N) is 1. The third-order valence-corrected chi connectivity index (χ3v) is 3.20. The van der Waals surface area contributed by atoms with Crippen molar-refractivity contribution in [2.24, 2.45) is 11.7 Å². The van der Waals surface area contributed by atoms with Gasteiger partial charge in [-0.15, -0.1) is 0 Å². The summed E-state index contributed by atoms with van der Waals surface area (Å²) in [6.45, 7) is 1.67. The van der Waals surface area contributed by atoms with E-state index < -0.39 is 0 Å². The second-order valence-corrected chi connectivity index (χ2v) is 4.45. The lowest BCUT2D eigenvalue weighted by Gasteiger charge is -2.24. The highest BCUT2D eigenvalue weighted by Gasteiger charge is 2.18. The fourth-order valence-corrected chi connectivity index (χ4v) is 2.21. The molecule has 0 saturated carbocycles. The van der Waals surface area contributed by atoms with E-state index in [4.69, 9.17) is 10.5 Å². The number of ether oxygens (including phenoxy) is 1. The molecular formula is C13H18FNO. The van der Waals surface area contributed by atoms with E-state index in [-0.39, 0.29) is 11.9 Å². The Hall–Kier alpha value is -0.930. The third kappa shape index (κ3) is 3.03. The van der Waals surface area contributed by atoms with Crippen LogP contribution >= 0.6 is 0 Å². The van der Waals surface area contributed by atoms with Crippen molar-refractivity contribution in [2.45, 2.75) is 25.3 Å². The standard InChI is InChI=1S/C13H18FNO/c14-12-3-1-2-11(9-12)13(15)8-10-4-6-16-7-5-10/h1-3,9-10,13H,4-8,15H2/t13-/m0/s1. The van der Waals surface area contributed by atoms with Gasteiger partial charge in [-0.25, -0.2) is 4.39 Å². The van der Waals surface area contributed by atoms with Crippen molar-refractivity contribution in [3.05, 3.63) is 35.6 Å².